The minimum atomic E-state index is -0.220. The second kappa shape index (κ2) is 4.09. The molecule has 4 nitrogen and oxygen atoms in total. The smallest absolute Gasteiger partial charge is 0.251 e. The maximum absolute atomic E-state index is 11.2. The Morgan fingerprint density at radius 3 is 2.85 bits per heavy atom. The average Bonchev–Trinajstić information content (AvgIpc) is 2.15. The number of aromatic nitrogens is 1. The quantitative estimate of drug-likeness (QED) is 0.728. The number of amides is 1. The highest BCUT2D eigenvalue weighted by molar-refractivity contribution is 6.29. The molecule has 0 aliphatic carbocycles. The lowest BCUT2D eigenvalue weighted by Gasteiger charge is -2.03. The van der Waals surface area contributed by atoms with Crippen molar-refractivity contribution in [2.75, 3.05) is 14.2 Å². The summed E-state index contributed by atoms with van der Waals surface area (Å²) in [5, 5.41) is 2.71. The van der Waals surface area contributed by atoms with Gasteiger partial charge >= 0.3 is 0 Å². The van der Waals surface area contributed by atoms with Crippen LogP contribution in [0.5, 0.6) is 5.88 Å². The van der Waals surface area contributed by atoms with Crippen molar-refractivity contribution in [3.63, 3.8) is 0 Å². The molecule has 0 saturated carbocycles. The molecule has 0 spiro atoms. The molecule has 1 rings (SSSR count). The predicted octanol–water partition coefficient (Wildman–Crippen LogP) is 1.10. The van der Waals surface area contributed by atoms with Crippen LogP contribution in [0.4, 0.5) is 0 Å². The fourth-order valence-corrected chi connectivity index (χ4v) is 1.05. The van der Waals surface area contributed by atoms with Crippen LogP contribution in [0, 0.1) is 0 Å². The molecule has 0 fully saturated rings. The Balaban J connectivity index is 3.08. The first-order valence-electron chi connectivity index (χ1n) is 3.61. The lowest BCUT2D eigenvalue weighted by atomic mass is 10.2. The summed E-state index contributed by atoms with van der Waals surface area (Å²) in [4.78, 5) is 15.0. The number of nitrogens with one attached hydrogen (secondary N) is 1. The van der Waals surface area contributed by atoms with Crippen LogP contribution in [-0.4, -0.2) is 25.0 Å². The molecular formula is C8H9ClN2O2. The van der Waals surface area contributed by atoms with Crippen molar-refractivity contribution >= 4 is 17.5 Å². The molecule has 1 aromatic rings. The van der Waals surface area contributed by atoms with Gasteiger partial charge in [0, 0.05) is 18.7 Å². The van der Waals surface area contributed by atoms with Crippen LogP contribution in [-0.2, 0) is 0 Å². The number of ether oxygens (including phenoxy) is 1. The first-order valence-corrected chi connectivity index (χ1v) is 3.99. The molecule has 13 heavy (non-hydrogen) atoms. The van der Waals surface area contributed by atoms with Gasteiger partial charge in [0.2, 0.25) is 5.88 Å². The number of nitrogens with zero attached hydrogens (tertiary/aromatic N) is 1. The molecule has 0 aliphatic heterocycles. The second-order valence-corrected chi connectivity index (χ2v) is 2.69. The number of carbonyl (C=O) groups is 1. The van der Waals surface area contributed by atoms with E-state index in [9.17, 15) is 4.79 Å². The van der Waals surface area contributed by atoms with Crippen LogP contribution in [0.2, 0.25) is 5.15 Å². The molecule has 0 atom stereocenters. The molecule has 0 aromatic carbocycles. The molecule has 0 bridgehead atoms. The van der Waals surface area contributed by atoms with Gasteiger partial charge < -0.3 is 10.1 Å². The van der Waals surface area contributed by atoms with E-state index in [2.05, 4.69) is 10.3 Å². The zero-order chi connectivity index (χ0) is 9.84. The van der Waals surface area contributed by atoms with Crippen molar-refractivity contribution in [2.45, 2.75) is 0 Å². The van der Waals surface area contributed by atoms with Gasteiger partial charge in [-0.15, -0.1) is 0 Å². The fraction of sp³-hybridized carbons (Fsp3) is 0.250. The van der Waals surface area contributed by atoms with Crippen LogP contribution < -0.4 is 10.1 Å². The zero-order valence-electron chi connectivity index (χ0n) is 7.30. The minimum Gasteiger partial charge on any atom is -0.481 e. The van der Waals surface area contributed by atoms with Gasteiger partial charge in [0.05, 0.1) is 7.11 Å². The van der Waals surface area contributed by atoms with Crippen LogP contribution >= 0.6 is 11.6 Å². The molecule has 5 heteroatoms. The molecule has 1 N–H and O–H groups in total. The highest BCUT2D eigenvalue weighted by Gasteiger charge is 2.07. The van der Waals surface area contributed by atoms with Crippen molar-refractivity contribution in [1.82, 2.24) is 10.3 Å². The van der Waals surface area contributed by atoms with Gasteiger partial charge in [-0.25, -0.2) is 4.98 Å². The third-order valence-corrected chi connectivity index (χ3v) is 1.66. The first kappa shape index (κ1) is 9.80. The van der Waals surface area contributed by atoms with Gasteiger partial charge in [0.1, 0.15) is 5.15 Å². The Kier molecular flexibility index (Phi) is 3.08. The number of methoxy groups -OCH3 is 1. The Morgan fingerprint density at radius 2 is 2.31 bits per heavy atom. The van der Waals surface area contributed by atoms with E-state index in [-0.39, 0.29) is 11.1 Å². The molecule has 1 heterocycles. The SMILES string of the molecule is CNC(=O)c1cc(Cl)nc(OC)c1. The standard InChI is InChI=1S/C8H9ClN2O2/c1-10-8(12)5-3-6(9)11-7(4-5)13-2/h3-4H,1-2H3,(H,10,12). The van der Waals surface area contributed by atoms with Crippen LogP contribution in [0.25, 0.3) is 0 Å². The third kappa shape index (κ3) is 2.32. The maximum Gasteiger partial charge on any atom is 0.251 e. The van der Waals surface area contributed by atoms with E-state index in [4.69, 9.17) is 16.3 Å². The Labute approximate surface area is 80.9 Å². The van der Waals surface area contributed by atoms with Gasteiger partial charge in [-0.3, -0.25) is 4.79 Å². The normalized spacial score (nSPS) is 9.46. The Hall–Kier alpha value is -1.29. The first-order chi connectivity index (χ1) is 6.17. The molecular weight excluding hydrogens is 192 g/mol. The molecule has 70 valence electrons. The monoisotopic (exact) mass is 200 g/mol. The van der Waals surface area contributed by atoms with Crippen molar-refractivity contribution in [2.24, 2.45) is 0 Å². The summed E-state index contributed by atoms with van der Waals surface area (Å²) in [6, 6.07) is 2.99. The number of pyridine rings is 1. The highest BCUT2D eigenvalue weighted by Crippen LogP contribution is 2.15. The highest BCUT2D eigenvalue weighted by atomic mass is 35.5. The lowest BCUT2D eigenvalue weighted by molar-refractivity contribution is 0.0962. The lowest BCUT2D eigenvalue weighted by Crippen LogP contribution is -2.17. The Morgan fingerprint density at radius 1 is 1.62 bits per heavy atom. The van der Waals surface area contributed by atoms with Crippen molar-refractivity contribution < 1.29 is 9.53 Å². The fourth-order valence-electron chi connectivity index (χ4n) is 0.853. The molecule has 0 radical (unpaired) electrons. The van der Waals surface area contributed by atoms with Gasteiger partial charge in [-0.1, -0.05) is 11.6 Å². The summed E-state index contributed by atoms with van der Waals surface area (Å²) >= 11 is 5.66. The van der Waals surface area contributed by atoms with Gasteiger partial charge in [0.25, 0.3) is 5.91 Å². The van der Waals surface area contributed by atoms with Gasteiger partial charge in [-0.05, 0) is 6.07 Å². The van der Waals surface area contributed by atoms with Crippen LogP contribution in [0.1, 0.15) is 10.4 Å². The summed E-state index contributed by atoms with van der Waals surface area (Å²) in [5.41, 5.74) is 0.430. The molecule has 1 aromatic heterocycles. The topological polar surface area (TPSA) is 51.2 Å². The molecule has 0 unspecified atom stereocenters. The summed E-state index contributed by atoms with van der Waals surface area (Å²) in [7, 11) is 3.01. The van der Waals surface area contributed by atoms with Gasteiger partial charge in [-0.2, -0.15) is 0 Å². The zero-order valence-corrected chi connectivity index (χ0v) is 8.05. The average molecular weight is 201 g/mol. The van der Waals surface area contributed by atoms with E-state index >= 15 is 0 Å². The summed E-state index contributed by atoms with van der Waals surface area (Å²) in [6.45, 7) is 0. The van der Waals surface area contributed by atoms with E-state index in [0.717, 1.165) is 0 Å². The second-order valence-electron chi connectivity index (χ2n) is 2.30. The van der Waals surface area contributed by atoms with Crippen LogP contribution in [0.15, 0.2) is 12.1 Å². The summed E-state index contributed by atoms with van der Waals surface area (Å²) in [5.74, 6) is 0.105. The Bertz CT molecular complexity index is 328. The van der Waals surface area contributed by atoms with E-state index in [1.807, 2.05) is 0 Å². The minimum absolute atomic E-state index is 0.220. The predicted molar refractivity (Wildman–Crippen MR) is 49.2 cm³/mol. The third-order valence-electron chi connectivity index (χ3n) is 1.47. The van der Waals surface area contributed by atoms with E-state index in [1.54, 1.807) is 7.05 Å². The van der Waals surface area contributed by atoms with Crippen molar-refractivity contribution in [1.29, 1.82) is 0 Å². The van der Waals surface area contributed by atoms with Crippen molar-refractivity contribution in [3.8, 4) is 5.88 Å². The number of hydrogen-bond donors (Lipinski definition) is 1. The molecule has 1 amide bonds. The van der Waals surface area contributed by atoms with E-state index < -0.39 is 0 Å². The summed E-state index contributed by atoms with van der Waals surface area (Å²) < 4.78 is 4.85. The number of halogens is 1. The number of rotatable bonds is 2. The maximum atomic E-state index is 11.2. The van der Waals surface area contributed by atoms with Gasteiger partial charge in [0.15, 0.2) is 0 Å². The van der Waals surface area contributed by atoms with E-state index in [1.165, 1.54) is 19.2 Å². The molecule has 0 saturated heterocycles. The number of carbonyl (C=O) groups excluding carboxylic acids is 1. The molecule has 0 aliphatic rings. The largest absolute Gasteiger partial charge is 0.481 e. The van der Waals surface area contributed by atoms with Crippen LogP contribution in [0.3, 0.4) is 0 Å². The number of hydrogen-bond acceptors (Lipinski definition) is 3. The summed E-state index contributed by atoms with van der Waals surface area (Å²) in [6.07, 6.45) is 0. The van der Waals surface area contributed by atoms with Crippen molar-refractivity contribution in [3.05, 3.63) is 22.8 Å². The van der Waals surface area contributed by atoms with E-state index in [0.29, 0.717) is 11.4 Å².